The highest BCUT2D eigenvalue weighted by molar-refractivity contribution is 8.00. The minimum atomic E-state index is -0.292. The average molecular weight is 432 g/mol. The molecule has 0 aromatic heterocycles. The number of rotatable bonds is 9. The summed E-state index contributed by atoms with van der Waals surface area (Å²) in [5, 5.41) is 3.91. The van der Waals surface area contributed by atoms with E-state index in [2.05, 4.69) is 5.32 Å². The number of hydrogen-bond acceptors (Lipinski definition) is 3. The van der Waals surface area contributed by atoms with Gasteiger partial charge in [0.25, 0.3) is 0 Å². The van der Waals surface area contributed by atoms with Gasteiger partial charge >= 0.3 is 0 Å². The van der Waals surface area contributed by atoms with Crippen LogP contribution in [0.25, 0.3) is 0 Å². The van der Waals surface area contributed by atoms with E-state index in [4.69, 9.17) is 23.2 Å². The van der Waals surface area contributed by atoms with Crippen LogP contribution in [0, 0.1) is 5.82 Å². The Kier molecular flexibility index (Phi) is 9.12. The molecule has 1 atom stereocenters. The first kappa shape index (κ1) is 21.4. The van der Waals surface area contributed by atoms with Gasteiger partial charge in [-0.3, -0.25) is 4.79 Å². The van der Waals surface area contributed by atoms with Gasteiger partial charge in [-0.25, -0.2) is 4.39 Å². The molecule has 0 saturated carbocycles. The van der Waals surface area contributed by atoms with Crippen LogP contribution in [0.1, 0.15) is 18.9 Å². The Morgan fingerprint density at radius 2 is 1.92 bits per heavy atom. The van der Waals surface area contributed by atoms with Crippen molar-refractivity contribution in [3.63, 3.8) is 0 Å². The van der Waals surface area contributed by atoms with E-state index in [1.165, 1.54) is 17.8 Å². The van der Waals surface area contributed by atoms with Crippen molar-refractivity contribution >= 4 is 52.6 Å². The van der Waals surface area contributed by atoms with E-state index in [1.807, 2.05) is 31.2 Å². The molecule has 0 saturated heterocycles. The quantitative estimate of drug-likeness (QED) is 0.386. The molecule has 0 aliphatic carbocycles. The summed E-state index contributed by atoms with van der Waals surface area (Å²) < 4.78 is 13.7. The Morgan fingerprint density at radius 3 is 2.58 bits per heavy atom. The highest BCUT2D eigenvalue weighted by atomic mass is 35.5. The number of carbonyl (C=O) groups is 1. The van der Waals surface area contributed by atoms with Crippen molar-refractivity contribution in [1.82, 2.24) is 5.32 Å². The number of halogens is 3. The maximum Gasteiger partial charge on any atom is 0.233 e. The molecule has 0 radical (unpaired) electrons. The fourth-order valence-corrected chi connectivity index (χ4v) is 4.51. The van der Waals surface area contributed by atoms with Gasteiger partial charge in [-0.1, -0.05) is 36.2 Å². The minimum Gasteiger partial charge on any atom is -0.354 e. The van der Waals surface area contributed by atoms with Crippen LogP contribution in [-0.2, 0) is 10.5 Å². The summed E-state index contributed by atoms with van der Waals surface area (Å²) >= 11 is 15.0. The Bertz CT molecular complexity index is 708. The fourth-order valence-electron chi connectivity index (χ4n) is 2.20. The first-order chi connectivity index (χ1) is 12.5. The third-order valence-electron chi connectivity index (χ3n) is 3.61. The van der Waals surface area contributed by atoms with Crippen molar-refractivity contribution < 1.29 is 9.18 Å². The lowest BCUT2D eigenvalue weighted by atomic mass is 10.2. The summed E-state index contributed by atoms with van der Waals surface area (Å²) in [5.74, 6) is 0.896. The smallest absolute Gasteiger partial charge is 0.233 e. The van der Waals surface area contributed by atoms with E-state index < -0.39 is 0 Å². The number of amides is 1. The third-order valence-corrected chi connectivity index (χ3v) is 6.58. The molecule has 2 aromatic carbocycles. The van der Waals surface area contributed by atoms with Gasteiger partial charge in [-0.05, 0) is 42.8 Å². The lowest BCUT2D eigenvalue weighted by molar-refractivity contribution is -0.120. The van der Waals surface area contributed by atoms with Gasteiger partial charge in [0.2, 0.25) is 5.91 Å². The van der Waals surface area contributed by atoms with E-state index in [1.54, 1.807) is 23.9 Å². The zero-order valence-electron chi connectivity index (χ0n) is 14.3. The van der Waals surface area contributed by atoms with Gasteiger partial charge < -0.3 is 5.32 Å². The van der Waals surface area contributed by atoms with Crippen molar-refractivity contribution in [3.05, 3.63) is 63.9 Å². The molecule has 0 fully saturated rings. The lowest BCUT2D eigenvalue weighted by Gasteiger charge is -2.15. The molecule has 0 bridgehead atoms. The molecule has 0 unspecified atom stereocenters. The second-order valence-corrected chi connectivity index (χ2v) is 8.74. The fraction of sp³-hybridized carbons (Fsp3) is 0.316. The van der Waals surface area contributed by atoms with Crippen molar-refractivity contribution in [2.24, 2.45) is 0 Å². The molecule has 1 N–H and O–H groups in total. The van der Waals surface area contributed by atoms with E-state index >= 15 is 0 Å². The predicted molar refractivity (Wildman–Crippen MR) is 112 cm³/mol. The van der Waals surface area contributed by atoms with Crippen molar-refractivity contribution in [2.75, 3.05) is 12.3 Å². The van der Waals surface area contributed by atoms with Crippen LogP contribution < -0.4 is 5.32 Å². The van der Waals surface area contributed by atoms with Crippen LogP contribution in [0.5, 0.6) is 0 Å². The number of benzene rings is 2. The lowest BCUT2D eigenvalue weighted by Crippen LogP contribution is -2.33. The van der Waals surface area contributed by atoms with Crippen LogP contribution in [0.2, 0.25) is 10.0 Å². The molecule has 0 aliphatic rings. The van der Waals surface area contributed by atoms with Crippen LogP contribution in [0.4, 0.5) is 4.39 Å². The zero-order chi connectivity index (χ0) is 18.9. The molecule has 0 heterocycles. The first-order valence-corrected chi connectivity index (χ1v) is 11.0. The highest BCUT2D eigenvalue weighted by Gasteiger charge is 2.17. The number of thioether (sulfide) groups is 2. The van der Waals surface area contributed by atoms with Gasteiger partial charge in [0.1, 0.15) is 5.82 Å². The molecule has 7 heteroatoms. The number of nitrogens with one attached hydrogen (secondary N) is 1. The van der Waals surface area contributed by atoms with Crippen LogP contribution >= 0.6 is 46.7 Å². The maximum atomic E-state index is 13.7. The number of carbonyl (C=O) groups excluding carboxylic acids is 1. The van der Waals surface area contributed by atoms with Gasteiger partial charge in [0, 0.05) is 38.6 Å². The molecular formula is C19H20Cl2FNOS2. The average Bonchev–Trinajstić information content (AvgIpc) is 2.63. The molecule has 2 rings (SSSR count). The summed E-state index contributed by atoms with van der Waals surface area (Å²) in [6.45, 7) is 2.52. The van der Waals surface area contributed by atoms with Gasteiger partial charge in [-0.2, -0.15) is 11.8 Å². The molecule has 26 heavy (non-hydrogen) atoms. The molecular weight excluding hydrogens is 412 g/mol. The zero-order valence-corrected chi connectivity index (χ0v) is 17.5. The van der Waals surface area contributed by atoms with Crippen LogP contribution in [0.15, 0.2) is 47.4 Å². The summed E-state index contributed by atoms with van der Waals surface area (Å²) in [4.78, 5) is 13.4. The number of hydrogen-bond donors (Lipinski definition) is 1. The Morgan fingerprint density at radius 1 is 1.19 bits per heavy atom. The Hall–Kier alpha value is -0.880. The third kappa shape index (κ3) is 6.69. The molecule has 2 aromatic rings. The van der Waals surface area contributed by atoms with Gasteiger partial charge in [0.15, 0.2) is 0 Å². The highest BCUT2D eigenvalue weighted by Crippen LogP contribution is 2.27. The second kappa shape index (κ2) is 11.1. The normalized spacial score (nSPS) is 12.0. The van der Waals surface area contributed by atoms with E-state index in [-0.39, 0.29) is 17.0 Å². The van der Waals surface area contributed by atoms with Crippen molar-refractivity contribution in [2.45, 2.75) is 29.2 Å². The molecule has 1 amide bonds. The topological polar surface area (TPSA) is 29.1 Å². The SMILES string of the molecule is CC[C@H](Sc1ccc(Cl)cc1)C(=O)NCCSCc1c(F)cccc1Cl. The summed E-state index contributed by atoms with van der Waals surface area (Å²) in [6, 6.07) is 12.1. The van der Waals surface area contributed by atoms with Gasteiger partial charge in [-0.15, -0.1) is 11.8 Å². The van der Waals surface area contributed by atoms with Crippen molar-refractivity contribution in [3.8, 4) is 0 Å². The van der Waals surface area contributed by atoms with Crippen LogP contribution in [-0.4, -0.2) is 23.5 Å². The van der Waals surface area contributed by atoms with E-state index in [0.29, 0.717) is 33.7 Å². The van der Waals surface area contributed by atoms with E-state index in [9.17, 15) is 9.18 Å². The molecule has 0 aliphatic heterocycles. The predicted octanol–water partition coefficient (Wildman–Crippen LogP) is 6.05. The largest absolute Gasteiger partial charge is 0.354 e. The Labute approximate surface area is 172 Å². The van der Waals surface area contributed by atoms with E-state index in [0.717, 1.165) is 11.3 Å². The first-order valence-electron chi connectivity index (χ1n) is 8.21. The summed E-state index contributed by atoms with van der Waals surface area (Å²) in [5.41, 5.74) is 0.509. The van der Waals surface area contributed by atoms with Gasteiger partial charge in [0.05, 0.1) is 5.25 Å². The monoisotopic (exact) mass is 431 g/mol. The molecule has 2 nitrogen and oxygen atoms in total. The maximum absolute atomic E-state index is 13.7. The standard InChI is InChI=1S/C19H20Cl2FNOS2/c1-2-18(26-14-8-6-13(20)7-9-14)19(24)23-10-11-25-12-15-16(21)4-3-5-17(15)22/h3-9,18H,2,10-12H2,1H3,(H,23,24)/t18-/m0/s1. The summed E-state index contributed by atoms with van der Waals surface area (Å²) in [6.07, 6.45) is 0.733. The van der Waals surface area contributed by atoms with Crippen LogP contribution in [0.3, 0.4) is 0 Å². The second-order valence-electron chi connectivity index (χ2n) is 5.51. The molecule has 140 valence electrons. The Balaban J connectivity index is 1.73. The molecule has 0 spiro atoms. The van der Waals surface area contributed by atoms with Crippen molar-refractivity contribution in [1.29, 1.82) is 0 Å². The summed E-state index contributed by atoms with van der Waals surface area (Å²) in [7, 11) is 0. The minimum absolute atomic E-state index is 0.0111.